The van der Waals surface area contributed by atoms with Crippen LogP contribution in [0.5, 0.6) is 0 Å². The Morgan fingerprint density at radius 3 is 2.96 bits per heavy atom. The number of piperazine rings is 1. The molecule has 2 aromatic rings. The monoisotopic (exact) mass is 308 g/mol. The molecule has 0 spiro atoms. The molecular formula is C18H20N4O. The number of nitrogens with one attached hydrogen (secondary N) is 1. The predicted molar refractivity (Wildman–Crippen MR) is 86.9 cm³/mol. The summed E-state index contributed by atoms with van der Waals surface area (Å²) in [5.41, 5.74) is 2.49. The molecule has 23 heavy (non-hydrogen) atoms. The van der Waals surface area contributed by atoms with Crippen molar-refractivity contribution in [3.8, 4) is 11.3 Å². The van der Waals surface area contributed by atoms with Gasteiger partial charge in [0.2, 0.25) is 0 Å². The third kappa shape index (κ3) is 2.03. The zero-order valence-electron chi connectivity index (χ0n) is 13.0. The highest BCUT2D eigenvalue weighted by molar-refractivity contribution is 5.94. The molecule has 3 aliphatic rings. The molecule has 1 N–H and O–H groups in total. The molecule has 3 aliphatic heterocycles. The maximum absolute atomic E-state index is 13.0. The van der Waals surface area contributed by atoms with Crippen LogP contribution in [-0.2, 0) is 0 Å². The van der Waals surface area contributed by atoms with Gasteiger partial charge in [-0.1, -0.05) is 30.3 Å². The molecule has 0 radical (unpaired) electrons. The van der Waals surface area contributed by atoms with Crippen molar-refractivity contribution in [2.24, 2.45) is 5.92 Å². The Balaban J connectivity index is 1.43. The number of aromatic nitrogens is 2. The highest BCUT2D eigenvalue weighted by Gasteiger charge is 2.50. The fourth-order valence-corrected chi connectivity index (χ4v) is 4.64. The second-order valence-electron chi connectivity index (χ2n) is 7.01. The fraction of sp³-hybridized carbons (Fsp3) is 0.444. The lowest BCUT2D eigenvalue weighted by Gasteiger charge is -2.44. The molecule has 4 heterocycles. The van der Waals surface area contributed by atoms with Gasteiger partial charge < -0.3 is 4.90 Å². The van der Waals surface area contributed by atoms with Gasteiger partial charge in [0.1, 0.15) is 5.69 Å². The zero-order chi connectivity index (χ0) is 15.4. The number of amides is 1. The van der Waals surface area contributed by atoms with E-state index in [1.807, 2.05) is 36.4 Å². The molecule has 1 unspecified atom stereocenters. The van der Waals surface area contributed by atoms with Crippen LogP contribution in [0, 0.1) is 5.92 Å². The van der Waals surface area contributed by atoms with Crippen molar-refractivity contribution in [1.82, 2.24) is 20.0 Å². The van der Waals surface area contributed by atoms with E-state index >= 15 is 0 Å². The first-order valence-corrected chi connectivity index (χ1v) is 8.45. The summed E-state index contributed by atoms with van der Waals surface area (Å²) in [5.74, 6) is 0.818. The maximum Gasteiger partial charge on any atom is 0.272 e. The molecule has 3 bridgehead atoms. The molecule has 3 saturated heterocycles. The van der Waals surface area contributed by atoms with Gasteiger partial charge >= 0.3 is 0 Å². The Bertz CT molecular complexity index is 736. The number of aromatic amines is 1. The van der Waals surface area contributed by atoms with E-state index in [4.69, 9.17) is 0 Å². The summed E-state index contributed by atoms with van der Waals surface area (Å²) < 4.78 is 0. The van der Waals surface area contributed by atoms with Crippen molar-refractivity contribution in [2.45, 2.75) is 24.9 Å². The van der Waals surface area contributed by atoms with E-state index in [0.717, 1.165) is 24.3 Å². The number of rotatable bonds is 2. The summed E-state index contributed by atoms with van der Waals surface area (Å²) in [4.78, 5) is 17.7. The SMILES string of the molecule is O=C(c1cc(-c2ccccc2)n[nH]1)N1[C@@H]2C[C@@H]3CCN(C2)C[C@@H]31. The lowest BCUT2D eigenvalue weighted by atomic mass is 9.93. The van der Waals surface area contributed by atoms with Crippen molar-refractivity contribution < 1.29 is 4.79 Å². The highest BCUT2D eigenvalue weighted by Crippen LogP contribution is 2.41. The topological polar surface area (TPSA) is 52.2 Å². The highest BCUT2D eigenvalue weighted by atomic mass is 16.2. The molecule has 5 nitrogen and oxygen atoms in total. The van der Waals surface area contributed by atoms with E-state index in [9.17, 15) is 4.79 Å². The van der Waals surface area contributed by atoms with E-state index in [-0.39, 0.29) is 5.91 Å². The Morgan fingerprint density at radius 2 is 2.09 bits per heavy atom. The third-order valence-corrected chi connectivity index (χ3v) is 5.71. The summed E-state index contributed by atoms with van der Waals surface area (Å²) in [6, 6.07) is 12.7. The maximum atomic E-state index is 13.0. The van der Waals surface area contributed by atoms with Gasteiger partial charge in [0.05, 0.1) is 5.69 Å². The van der Waals surface area contributed by atoms with Crippen LogP contribution in [-0.4, -0.2) is 57.6 Å². The molecule has 0 aliphatic carbocycles. The summed E-state index contributed by atoms with van der Waals surface area (Å²) in [7, 11) is 0. The van der Waals surface area contributed by atoms with Gasteiger partial charge in [-0.3, -0.25) is 14.8 Å². The third-order valence-electron chi connectivity index (χ3n) is 5.71. The molecule has 3 fully saturated rings. The minimum absolute atomic E-state index is 0.124. The average molecular weight is 308 g/mol. The molecule has 1 aromatic heterocycles. The number of hydrogen-bond acceptors (Lipinski definition) is 3. The largest absolute Gasteiger partial charge is 0.328 e. The summed E-state index contributed by atoms with van der Waals surface area (Å²) in [5, 5.41) is 7.30. The van der Waals surface area contributed by atoms with Crippen LogP contribution in [0.1, 0.15) is 23.3 Å². The van der Waals surface area contributed by atoms with E-state index in [1.54, 1.807) is 0 Å². The second-order valence-corrected chi connectivity index (χ2v) is 7.01. The first-order valence-electron chi connectivity index (χ1n) is 8.45. The molecule has 0 saturated carbocycles. The predicted octanol–water partition coefficient (Wildman–Crippen LogP) is 2.00. The smallest absolute Gasteiger partial charge is 0.272 e. The summed E-state index contributed by atoms with van der Waals surface area (Å²) >= 11 is 0. The van der Waals surface area contributed by atoms with Crippen molar-refractivity contribution >= 4 is 5.91 Å². The molecule has 1 amide bonds. The van der Waals surface area contributed by atoms with Crippen molar-refractivity contribution in [3.05, 3.63) is 42.1 Å². The van der Waals surface area contributed by atoms with Crippen molar-refractivity contribution in [2.75, 3.05) is 19.6 Å². The zero-order valence-corrected chi connectivity index (χ0v) is 13.0. The van der Waals surface area contributed by atoms with Gasteiger partial charge in [-0.25, -0.2) is 0 Å². The van der Waals surface area contributed by atoms with Gasteiger partial charge in [-0.2, -0.15) is 5.10 Å². The van der Waals surface area contributed by atoms with Crippen LogP contribution >= 0.6 is 0 Å². The molecule has 4 atom stereocenters. The number of piperidine rings is 1. The Labute approximate surface area is 135 Å². The second kappa shape index (κ2) is 4.93. The first kappa shape index (κ1) is 13.3. The van der Waals surface area contributed by atoms with Crippen LogP contribution < -0.4 is 0 Å². The van der Waals surface area contributed by atoms with Crippen LogP contribution in [0.25, 0.3) is 11.3 Å². The molecule has 118 valence electrons. The Morgan fingerprint density at radius 1 is 1.22 bits per heavy atom. The molecule has 1 aromatic carbocycles. The summed E-state index contributed by atoms with van der Waals surface area (Å²) in [6.45, 7) is 3.30. The lowest BCUT2D eigenvalue weighted by Crippen LogP contribution is -2.58. The molecule has 5 rings (SSSR count). The van der Waals surface area contributed by atoms with E-state index in [0.29, 0.717) is 23.7 Å². The molecule has 5 heteroatoms. The number of fused-ring (bicyclic) bond motifs is 2. The van der Waals surface area contributed by atoms with E-state index in [1.165, 1.54) is 19.4 Å². The minimum atomic E-state index is 0.124. The number of H-pyrrole nitrogens is 1. The number of benzene rings is 1. The Kier molecular flexibility index (Phi) is 2.85. The minimum Gasteiger partial charge on any atom is -0.328 e. The van der Waals surface area contributed by atoms with Crippen LogP contribution in [0.3, 0.4) is 0 Å². The average Bonchev–Trinajstić information content (AvgIpc) is 3.10. The first-order chi connectivity index (χ1) is 11.3. The lowest BCUT2D eigenvalue weighted by molar-refractivity contribution is 0.0257. The van der Waals surface area contributed by atoms with Crippen LogP contribution in [0.2, 0.25) is 0 Å². The number of hydrogen-bond donors (Lipinski definition) is 1. The molecular weight excluding hydrogens is 288 g/mol. The van der Waals surface area contributed by atoms with Crippen molar-refractivity contribution in [3.63, 3.8) is 0 Å². The van der Waals surface area contributed by atoms with Gasteiger partial charge in [0, 0.05) is 30.7 Å². The van der Waals surface area contributed by atoms with Gasteiger partial charge in [0.25, 0.3) is 5.91 Å². The summed E-state index contributed by atoms with van der Waals surface area (Å²) in [6.07, 6.45) is 2.41. The van der Waals surface area contributed by atoms with Gasteiger partial charge in [0.15, 0.2) is 0 Å². The quantitative estimate of drug-likeness (QED) is 0.923. The fourth-order valence-electron chi connectivity index (χ4n) is 4.64. The number of carbonyl (C=O) groups is 1. The van der Waals surface area contributed by atoms with E-state index < -0.39 is 0 Å². The van der Waals surface area contributed by atoms with E-state index in [2.05, 4.69) is 20.0 Å². The van der Waals surface area contributed by atoms with Gasteiger partial charge in [-0.05, 0) is 31.4 Å². The van der Waals surface area contributed by atoms with Crippen LogP contribution in [0.4, 0.5) is 0 Å². The number of carbonyl (C=O) groups excluding carboxylic acids is 1. The van der Waals surface area contributed by atoms with Gasteiger partial charge in [-0.15, -0.1) is 0 Å². The standard InChI is InChI=1S/C18H20N4O/c23-18(16-9-15(19-20-16)12-4-2-1-3-5-12)22-14-8-13-6-7-21(10-14)11-17(13)22/h1-5,9,13-14,17H,6-8,10-11H2,(H,19,20)/t13-,14+,17-/m0/s1. The van der Waals surface area contributed by atoms with Crippen molar-refractivity contribution in [1.29, 1.82) is 0 Å². The van der Waals surface area contributed by atoms with Crippen LogP contribution in [0.15, 0.2) is 36.4 Å². The Hall–Kier alpha value is -2.14. The normalized spacial score (nSPS) is 31.6. The number of nitrogens with zero attached hydrogens (tertiary/aromatic N) is 3.